The summed E-state index contributed by atoms with van der Waals surface area (Å²) in [6.45, 7) is 6.26. The van der Waals surface area contributed by atoms with Crippen molar-refractivity contribution in [1.82, 2.24) is 9.80 Å². The largest absolute Gasteiger partial charge is 0.444 e. The lowest BCUT2D eigenvalue weighted by atomic mass is 9.91. The first kappa shape index (κ1) is 21.6. The molecule has 3 rings (SSSR count). The summed E-state index contributed by atoms with van der Waals surface area (Å²) < 4.78 is 5.52. The Bertz CT molecular complexity index is 759. The molecule has 7 nitrogen and oxygen atoms in total. The molecule has 2 aliphatic rings. The maximum absolute atomic E-state index is 13.1. The third kappa shape index (κ3) is 5.11. The van der Waals surface area contributed by atoms with Gasteiger partial charge in [-0.15, -0.1) is 11.8 Å². The predicted molar refractivity (Wildman–Crippen MR) is 113 cm³/mol. The standard InChI is InChI=1S/C21H29N3O4S/c1-21(2,3)28-20(27)24-12-15(11-16(24)19(26)23-9-10-29-13-23)17(22)18(25)14-7-5-4-6-8-14/h4-8,15-17H,9-13,22H2,1-3H3/t15-,16+,17?/m1/s1. The molecule has 2 N–H and O–H groups in total. The first-order valence-electron chi connectivity index (χ1n) is 9.88. The molecule has 2 aliphatic heterocycles. The number of Topliss-reactive ketones (excluding diaryl/α,β-unsaturated/α-hetero) is 1. The van der Waals surface area contributed by atoms with Crippen LogP contribution in [0.5, 0.6) is 0 Å². The summed E-state index contributed by atoms with van der Waals surface area (Å²) in [5.41, 5.74) is 6.17. The molecule has 2 fully saturated rings. The van der Waals surface area contributed by atoms with Crippen LogP contribution in [0.2, 0.25) is 0 Å². The van der Waals surface area contributed by atoms with Gasteiger partial charge in [-0.05, 0) is 27.2 Å². The van der Waals surface area contributed by atoms with Crippen LogP contribution in [0.15, 0.2) is 30.3 Å². The van der Waals surface area contributed by atoms with Crippen molar-refractivity contribution in [2.24, 2.45) is 11.7 Å². The second-order valence-electron chi connectivity index (χ2n) is 8.54. The van der Waals surface area contributed by atoms with Crippen LogP contribution in [0.1, 0.15) is 37.6 Å². The number of ketones is 1. The van der Waals surface area contributed by atoms with Crippen molar-refractivity contribution >= 4 is 29.5 Å². The number of ether oxygens (including phenoxy) is 1. The predicted octanol–water partition coefficient (Wildman–Crippen LogP) is 2.36. The highest BCUT2D eigenvalue weighted by Gasteiger charge is 2.46. The fraction of sp³-hybridized carbons (Fsp3) is 0.571. The molecule has 3 atom stereocenters. The molecule has 2 amide bonds. The molecule has 158 valence electrons. The maximum Gasteiger partial charge on any atom is 0.410 e. The quantitative estimate of drug-likeness (QED) is 0.753. The van der Waals surface area contributed by atoms with Gasteiger partial charge in [0.1, 0.15) is 11.6 Å². The first-order chi connectivity index (χ1) is 13.7. The average molecular weight is 420 g/mol. The van der Waals surface area contributed by atoms with Crippen molar-refractivity contribution in [3.8, 4) is 0 Å². The van der Waals surface area contributed by atoms with E-state index in [-0.39, 0.29) is 24.2 Å². The van der Waals surface area contributed by atoms with Gasteiger partial charge in [0.25, 0.3) is 0 Å². The summed E-state index contributed by atoms with van der Waals surface area (Å²) in [6, 6.07) is 7.44. The van der Waals surface area contributed by atoms with E-state index in [1.807, 2.05) is 6.07 Å². The summed E-state index contributed by atoms with van der Waals surface area (Å²) in [6.07, 6.45) is -0.177. The zero-order chi connectivity index (χ0) is 21.2. The van der Waals surface area contributed by atoms with Gasteiger partial charge >= 0.3 is 6.09 Å². The smallest absolute Gasteiger partial charge is 0.410 e. The van der Waals surface area contributed by atoms with Gasteiger partial charge in [-0.1, -0.05) is 30.3 Å². The number of nitrogens with two attached hydrogens (primary N) is 1. The summed E-state index contributed by atoms with van der Waals surface area (Å²) in [4.78, 5) is 41.9. The Balaban J connectivity index is 1.78. The Morgan fingerprint density at radius 1 is 1.21 bits per heavy atom. The number of thioether (sulfide) groups is 1. The molecule has 1 aromatic carbocycles. The monoisotopic (exact) mass is 419 g/mol. The summed E-state index contributed by atoms with van der Waals surface area (Å²) in [7, 11) is 0. The summed E-state index contributed by atoms with van der Waals surface area (Å²) in [5.74, 6) is 0.934. The van der Waals surface area contributed by atoms with Gasteiger partial charge in [0.2, 0.25) is 5.91 Å². The van der Waals surface area contributed by atoms with E-state index in [1.165, 1.54) is 4.90 Å². The number of carbonyl (C=O) groups excluding carboxylic acids is 3. The van der Waals surface area contributed by atoms with E-state index in [0.717, 1.165) is 5.75 Å². The Labute approximate surface area is 175 Å². The van der Waals surface area contributed by atoms with Crippen LogP contribution in [0.25, 0.3) is 0 Å². The van der Waals surface area contributed by atoms with Crippen molar-refractivity contribution in [1.29, 1.82) is 0 Å². The van der Waals surface area contributed by atoms with Crippen LogP contribution in [0, 0.1) is 5.92 Å². The van der Waals surface area contributed by atoms with E-state index in [0.29, 0.717) is 24.4 Å². The fourth-order valence-electron chi connectivity index (χ4n) is 3.69. The van der Waals surface area contributed by atoms with Crippen molar-refractivity contribution in [3.63, 3.8) is 0 Å². The second-order valence-corrected chi connectivity index (χ2v) is 9.61. The van der Waals surface area contributed by atoms with Gasteiger partial charge in [-0.3, -0.25) is 14.5 Å². The second kappa shape index (κ2) is 8.75. The molecule has 0 saturated carbocycles. The van der Waals surface area contributed by atoms with Crippen LogP contribution >= 0.6 is 11.8 Å². The van der Waals surface area contributed by atoms with Crippen LogP contribution in [-0.2, 0) is 9.53 Å². The molecule has 8 heteroatoms. The van der Waals surface area contributed by atoms with E-state index in [1.54, 1.807) is 61.7 Å². The number of likely N-dealkylation sites (tertiary alicyclic amines) is 1. The van der Waals surface area contributed by atoms with Gasteiger partial charge in [0, 0.05) is 30.3 Å². The van der Waals surface area contributed by atoms with Crippen LogP contribution in [0.4, 0.5) is 4.79 Å². The Hall–Kier alpha value is -2.06. The van der Waals surface area contributed by atoms with Crippen LogP contribution in [-0.4, -0.2) is 70.0 Å². The Morgan fingerprint density at radius 2 is 1.90 bits per heavy atom. The minimum Gasteiger partial charge on any atom is -0.444 e. The molecule has 0 aliphatic carbocycles. The van der Waals surface area contributed by atoms with Crippen molar-refractivity contribution in [3.05, 3.63) is 35.9 Å². The number of benzene rings is 1. The van der Waals surface area contributed by atoms with Crippen LogP contribution in [0.3, 0.4) is 0 Å². The van der Waals surface area contributed by atoms with E-state index in [2.05, 4.69) is 0 Å². The van der Waals surface area contributed by atoms with Crippen molar-refractivity contribution in [2.45, 2.75) is 44.9 Å². The highest BCUT2D eigenvalue weighted by molar-refractivity contribution is 7.99. The number of rotatable bonds is 4. The van der Waals surface area contributed by atoms with E-state index < -0.39 is 23.8 Å². The minimum atomic E-state index is -0.784. The van der Waals surface area contributed by atoms with Gasteiger partial charge in [-0.2, -0.15) is 0 Å². The van der Waals surface area contributed by atoms with E-state index in [9.17, 15) is 14.4 Å². The average Bonchev–Trinajstić information content (AvgIpc) is 3.35. The number of carbonyl (C=O) groups is 3. The number of hydrogen-bond donors (Lipinski definition) is 1. The lowest BCUT2D eigenvalue weighted by Gasteiger charge is -2.29. The topological polar surface area (TPSA) is 92.9 Å². The van der Waals surface area contributed by atoms with Crippen LogP contribution < -0.4 is 5.73 Å². The minimum absolute atomic E-state index is 0.0947. The molecule has 1 aromatic rings. The van der Waals surface area contributed by atoms with Gasteiger partial charge < -0.3 is 15.4 Å². The molecule has 2 saturated heterocycles. The summed E-state index contributed by atoms with van der Waals surface area (Å²) in [5, 5.41) is 0. The third-order valence-electron chi connectivity index (χ3n) is 5.18. The molecule has 0 bridgehead atoms. The van der Waals surface area contributed by atoms with Gasteiger partial charge in [0.15, 0.2) is 5.78 Å². The lowest BCUT2D eigenvalue weighted by Crippen LogP contribution is -2.48. The summed E-state index contributed by atoms with van der Waals surface area (Å²) >= 11 is 1.69. The van der Waals surface area contributed by atoms with Gasteiger partial charge in [-0.25, -0.2) is 4.79 Å². The molecule has 1 unspecified atom stereocenters. The number of hydrogen-bond acceptors (Lipinski definition) is 6. The zero-order valence-corrected chi connectivity index (χ0v) is 18.0. The lowest BCUT2D eigenvalue weighted by molar-refractivity contribution is -0.134. The highest BCUT2D eigenvalue weighted by Crippen LogP contribution is 2.30. The van der Waals surface area contributed by atoms with E-state index >= 15 is 0 Å². The SMILES string of the molecule is CC(C)(C)OC(=O)N1C[C@H](C(N)C(=O)c2ccccc2)C[C@H]1C(=O)N1CCSC1. The molecule has 29 heavy (non-hydrogen) atoms. The molecule has 0 radical (unpaired) electrons. The highest BCUT2D eigenvalue weighted by atomic mass is 32.2. The van der Waals surface area contributed by atoms with E-state index in [4.69, 9.17) is 10.5 Å². The first-order valence-corrected chi connectivity index (χ1v) is 11.0. The zero-order valence-electron chi connectivity index (χ0n) is 17.2. The fourth-order valence-corrected chi connectivity index (χ4v) is 4.65. The number of amides is 2. The molecular formula is C21H29N3O4S. The normalized spacial score (nSPS) is 23.2. The molecule has 0 spiro atoms. The maximum atomic E-state index is 13.1. The number of nitrogens with zero attached hydrogens (tertiary/aromatic N) is 2. The molecule has 0 aromatic heterocycles. The molecule has 2 heterocycles. The molecular weight excluding hydrogens is 390 g/mol. The van der Waals surface area contributed by atoms with Crippen molar-refractivity contribution in [2.75, 3.05) is 24.7 Å². The van der Waals surface area contributed by atoms with Gasteiger partial charge in [0.05, 0.1) is 11.9 Å². The Kier molecular flexibility index (Phi) is 6.53. The van der Waals surface area contributed by atoms with Crippen molar-refractivity contribution < 1.29 is 19.1 Å². The Morgan fingerprint density at radius 3 is 2.48 bits per heavy atom. The third-order valence-corrected chi connectivity index (χ3v) is 6.15.